The molecule has 4 aliphatic carbocycles. The van der Waals surface area contributed by atoms with Crippen molar-refractivity contribution in [1.82, 2.24) is 0 Å². The first-order valence-electron chi connectivity index (χ1n) is 16.1. The predicted octanol–water partition coefficient (Wildman–Crippen LogP) is 6.07. The minimum atomic E-state index is -2.05. The van der Waals surface area contributed by atoms with Crippen molar-refractivity contribution >= 4 is 11.8 Å². The monoisotopic (exact) mass is 558 g/mol. The molecule has 0 aromatic carbocycles. The molecule has 1 unspecified atom stereocenters. The third-order valence-electron chi connectivity index (χ3n) is 11.1. The summed E-state index contributed by atoms with van der Waals surface area (Å²) >= 11 is 0. The maximum atomic E-state index is 14.4. The zero-order valence-electron chi connectivity index (χ0n) is 25.6. The molecule has 0 aromatic rings. The summed E-state index contributed by atoms with van der Waals surface area (Å²) < 4.78 is 5.93. The normalized spacial score (nSPS) is 37.5. The van der Waals surface area contributed by atoms with Crippen LogP contribution in [0.15, 0.2) is 23.3 Å². The van der Waals surface area contributed by atoms with Crippen LogP contribution in [0.5, 0.6) is 0 Å². The van der Waals surface area contributed by atoms with Gasteiger partial charge in [0.2, 0.25) is 0 Å². The lowest BCUT2D eigenvalue weighted by atomic mass is 9.59. The van der Waals surface area contributed by atoms with E-state index in [4.69, 9.17) is 4.74 Å². The van der Waals surface area contributed by atoms with Gasteiger partial charge in [0.25, 0.3) is 0 Å². The summed E-state index contributed by atoms with van der Waals surface area (Å²) in [5.41, 5.74) is -2.60. The number of rotatable bonds is 14. The molecule has 40 heavy (non-hydrogen) atoms. The maximum absolute atomic E-state index is 14.4. The second-order valence-corrected chi connectivity index (χ2v) is 14.0. The fraction of sp³-hybridized carbons (Fsp3) is 0.824. The van der Waals surface area contributed by atoms with E-state index in [2.05, 4.69) is 20.8 Å². The second-order valence-electron chi connectivity index (χ2n) is 14.0. The first-order chi connectivity index (χ1) is 19.0. The maximum Gasteiger partial charge on any atom is 0.306 e. The summed E-state index contributed by atoms with van der Waals surface area (Å²) in [4.78, 5) is 27.4. The Kier molecular flexibility index (Phi) is 9.74. The topological polar surface area (TPSA) is 104 Å². The van der Waals surface area contributed by atoms with E-state index in [-0.39, 0.29) is 35.0 Å². The Hall–Kier alpha value is -1.50. The second kappa shape index (κ2) is 12.4. The summed E-state index contributed by atoms with van der Waals surface area (Å²) in [6.45, 7) is 9.88. The van der Waals surface area contributed by atoms with Gasteiger partial charge < -0.3 is 20.1 Å². The van der Waals surface area contributed by atoms with Crippen LogP contribution < -0.4 is 0 Å². The number of carbonyl (C=O) groups excluding carboxylic acids is 2. The summed E-state index contributed by atoms with van der Waals surface area (Å²) in [5, 5.41) is 34.3. The lowest BCUT2D eigenvalue weighted by molar-refractivity contribution is -0.203. The molecule has 4 rings (SSSR count). The van der Waals surface area contributed by atoms with Crippen LogP contribution in [-0.2, 0) is 14.3 Å². The third kappa shape index (κ3) is 5.26. The van der Waals surface area contributed by atoms with E-state index in [9.17, 15) is 24.9 Å². The number of ketones is 1. The van der Waals surface area contributed by atoms with E-state index < -0.39 is 41.7 Å². The SMILES string of the molecule is CCCCCCCCCCCCCC(=O)OC1C(C)=C[C@]23C(=O)[C@H](C=C(CO)[C@@H](O)[C@]12O)[C@H]1[C@@H](C[C@H]3C)C1(C)C. The van der Waals surface area contributed by atoms with Gasteiger partial charge in [0.15, 0.2) is 17.5 Å². The number of fused-ring (bicyclic) bond motifs is 3. The number of Topliss-reactive ketones (excluding diaryl/α,β-unsaturated/α-hetero) is 1. The minimum Gasteiger partial charge on any atom is -0.455 e. The standard InChI is InChI=1S/C34H54O6/c1-6-7-8-9-10-11-12-13-14-15-16-17-27(36)40-31-22(2)20-33-23(3)18-26-28(32(26,4)5)25(30(33)38)19-24(21-35)29(37)34(31,33)39/h19-20,23,25-26,28-29,31,35,37,39H,6-18,21H2,1-5H3/t23-,25-,26-,28+,29-,31?,33+,34+/m1/s1. The molecule has 6 heteroatoms. The van der Waals surface area contributed by atoms with Crippen molar-refractivity contribution in [3.05, 3.63) is 23.3 Å². The van der Waals surface area contributed by atoms with Crippen molar-refractivity contribution in [2.75, 3.05) is 6.61 Å². The van der Waals surface area contributed by atoms with Crippen molar-refractivity contribution in [2.24, 2.45) is 34.5 Å². The predicted molar refractivity (Wildman–Crippen MR) is 156 cm³/mol. The molecule has 226 valence electrons. The fourth-order valence-electron chi connectivity index (χ4n) is 8.72. The van der Waals surface area contributed by atoms with E-state index >= 15 is 0 Å². The average Bonchev–Trinajstić information content (AvgIpc) is 3.40. The first kappa shape index (κ1) is 31.4. The van der Waals surface area contributed by atoms with Gasteiger partial charge in [-0.05, 0) is 54.1 Å². The van der Waals surface area contributed by atoms with Gasteiger partial charge in [-0.15, -0.1) is 0 Å². The highest BCUT2D eigenvalue weighted by Gasteiger charge is 2.76. The Morgan fingerprint density at radius 1 is 1.02 bits per heavy atom. The van der Waals surface area contributed by atoms with E-state index in [0.29, 0.717) is 17.9 Å². The molecule has 2 bridgehead atoms. The Balaban J connectivity index is 1.40. The minimum absolute atomic E-state index is 0.0153. The zero-order chi connectivity index (χ0) is 29.3. The van der Waals surface area contributed by atoms with Gasteiger partial charge in [-0.2, -0.15) is 0 Å². The molecule has 2 fully saturated rings. The number of allylic oxidation sites excluding steroid dienone is 1. The van der Waals surface area contributed by atoms with E-state index in [1.165, 1.54) is 51.4 Å². The van der Waals surface area contributed by atoms with E-state index in [1.54, 1.807) is 19.1 Å². The first-order valence-corrected chi connectivity index (χ1v) is 16.1. The quantitative estimate of drug-likeness (QED) is 0.136. The van der Waals surface area contributed by atoms with Crippen LogP contribution in [0.4, 0.5) is 0 Å². The Morgan fingerprint density at radius 3 is 2.17 bits per heavy atom. The molecule has 6 nitrogen and oxygen atoms in total. The molecule has 0 amide bonds. The van der Waals surface area contributed by atoms with Crippen LogP contribution in [0.1, 0.15) is 118 Å². The molecule has 0 saturated heterocycles. The number of hydrogen-bond donors (Lipinski definition) is 3. The van der Waals surface area contributed by atoms with E-state index in [1.807, 2.05) is 6.92 Å². The average molecular weight is 559 g/mol. The van der Waals surface area contributed by atoms with E-state index in [0.717, 1.165) is 19.3 Å². The lowest BCUT2D eigenvalue weighted by Gasteiger charge is -2.48. The molecular formula is C34H54O6. The van der Waals surface area contributed by atoms with Crippen molar-refractivity contribution < 1.29 is 29.6 Å². The van der Waals surface area contributed by atoms with Gasteiger partial charge in [-0.25, -0.2) is 0 Å². The van der Waals surface area contributed by atoms with Gasteiger partial charge in [-0.3, -0.25) is 9.59 Å². The van der Waals surface area contributed by atoms with Crippen molar-refractivity contribution in [1.29, 1.82) is 0 Å². The Bertz CT molecular complexity index is 996. The van der Waals surface area contributed by atoms with Crippen LogP contribution >= 0.6 is 0 Å². The van der Waals surface area contributed by atoms with Crippen LogP contribution in [0.3, 0.4) is 0 Å². The number of aliphatic hydroxyl groups excluding tert-OH is 2. The number of aliphatic hydroxyl groups is 3. The molecule has 0 radical (unpaired) electrons. The molecule has 1 spiro atoms. The van der Waals surface area contributed by atoms with Crippen LogP contribution in [0.25, 0.3) is 0 Å². The Labute approximate surface area is 241 Å². The summed E-state index contributed by atoms with van der Waals surface area (Å²) in [5.74, 6) is -0.857. The third-order valence-corrected chi connectivity index (χ3v) is 11.1. The Morgan fingerprint density at radius 2 is 1.60 bits per heavy atom. The number of unbranched alkanes of at least 4 members (excludes halogenated alkanes) is 10. The van der Waals surface area contributed by atoms with Crippen molar-refractivity contribution in [3.63, 3.8) is 0 Å². The van der Waals surface area contributed by atoms with Crippen molar-refractivity contribution in [2.45, 2.75) is 136 Å². The van der Waals surface area contributed by atoms with Crippen LogP contribution in [0.2, 0.25) is 0 Å². The molecule has 8 atom stereocenters. The van der Waals surface area contributed by atoms with Crippen molar-refractivity contribution in [3.8, 4) is 0 Å². The van der Waals surface area contributed by atoms with Gasteiger partial charge in [-0.1, -0.05) is 104 Å². The molecule has 2 saturated carbocycles. The molecule has 0 aliphatic heterocycles. The largest absolute Gasteiger partial charge is 0.455 e. The highest BCUT2D eigenvalue weighted by molar-refractivity contribution is 5.95. The zero-order valence-corrected chi connectivity index (χ0v) is 25.6. The summed E-state index contributed by atoms with van der Waals surface area (Å²) in [6, 6.07) is 0. The number of carbonyl (C=O) groups is 2. The number of ether oxygens (including phenoxy) is 1. The van der Waals surface area contributed by atoms with Crippen LogP contribution in [0, 0.1) is 34.5 Å². The molecule has 4 aliphatic rings. The molecule has 0 aromatic heterocycles. The molecular weight excluding hydrogens is 504 g/mol. The van der Waals surface area contributed by atoms with Crippen LogP contribution in [-0.4, -0.2) is 51.5 Å². The van der Waals surface area contributed by atoms with Gasteiger partial charge in [0, 0.05) is 12.3 Å². The number of hydrogen-bond acceptors (Lipinski definition) is 6. The molecule has 3 N–H and O–H groups in total. The lowest BCUT2D eigenvalue weighted by Crippen LogP contribution is -2.65. The fourth-order valence-corrected chi connectivity index (χ4v) is 8.72. The highest BCUT2D eigenvalue weighted by atomic mass is 16.6. The summed E-state index contributed by atoms with van der Waals surface area (Å²) in [7, 11) is 0. The van der Waals surface area contributed by atoms with Gasteiger partial charge >= 0.3 is 5.97 Å². The smallest absolute Gasteiger partial charge is 0.306 e. The summed E-state index contributed by atoms with van der Waals surface area (Å²) in [6.07, 6.45) is 14.9. The van der Waals surface area contributed by atoms with Gasteiger partial charge in [0.1, 0.15) is 6.10 Å². The highest BCUT2D eigenvalue weighted by Crippen LogP contribution is 2.71. The van der Waals surface area contributed by atoms with Gasteiger partial charge in [0.05, 0.1) is 12.0 Å². The number of esters is 1. The molecule has 0 heterocycles.